The third-order valence-corrected chi connectivity index (χ3v) is 1.46. The zero-order chi connectivity index (χ0) is 8.97. The van der Waals surface area contributed by atoms with Crippen molar-refractivity contribution >= 4 is 11.4 Å². The number of aliphatic hydroxyl groups excluding tert-OH is 1. The lowest BCUT2D eigenvalue weighted by Crippen LogP contribution is -2.06. The fourth-order valence-corrected chi connectivity index (χ4v) is 0.904. The average molecular weight is 189 g/mol. The normalized spacial score (nSPS) is 15.5. The van der Waals surface area contributed by atoms with Gasteiger partial charge in [-0.3, -0.25) is 9.54 Å². The predicted octanol–water partition coefficient (Wildman–Crippen LogP) is 0.226. The summed E-state index contributed by atoms with van der Waals surface area (Å²) in [5, 5.41) is 9.05. The maximum atomic E-state index is 10.1. The van der Waals surface area contributed by atoms with E-state index in [-0.39, 0.29) is 5.69 Å². The number of hydrogen-bond donors (Lipinski definition) is 2. The molecule has 0 radical (unpaired) electrons. The van der Waals surface area contributed by atoms with E-state index in [1.54, 1.807) is 12.1 Å². The fraction of sp³-hybridized carbons (Fsp3) is 0.167. The van der Waals surface area contributed by atoms with Gasteiger partial charge in [-0.25, -0.2) is 4.18 Å². The average Bonchev–Trinajstić information content (AvgIpc) is 2.05. The third kappa shape index (κ3) is 2.67. The Morgan fingerprint density at radius 2 is 2.33 bits per heavy atom. The van der Waals surface area contributed by atoms with Crippen LogP contribution in [0.1, 0.15) is 12.0 Å². The zero-order valence-electron chi connectivity index (χ0n) is 5.95. The molecule has 0 saturated heterocycles. The predicted molar refractivity (Wildman–Crippen MR) is 41.1 cm³/mol. The number of aromatic nitrogens is 1. The summed E-state index contributed by atoms with van der Waals surface area (Å²) in [6.07, 6.45) is -0.0144. The molecular weight excluding hydrogens is 182 g/mol. The molecule has 1 heterocycles. The van der Waals surface area contributed by atoms with Crippen molar-refractivity contribution in [3.05, 3.63) is 30.1 Å². The Bertz CT molecular complexity index is 266. The Balaban J connectivity index is 2.65. The van der Waals surface area contributed by atoms with Gasteiger partial charge in [-0.15, -0.1) is 0 Å². The van der Waals surface area contributed by atoms with Crippen molar-refractivity contribution < 1.29 is 18.1 Å². The van der Waals surface area contributed by atoms with Crippen LogP contribution in [0.15, 0.2) is 24.4 Å². The molecule has 2 atom stereocenters. The van der Waals surface area contributed by atoms with E-state index in [4.69, 9.17) is 9.66 Å². The van der Waals surface area contributed by atoms with Gasteiger partial charge < -0.3 is 5.11 Å². The number of nitrogens with zero attached hydrogens (tertiary/aromatic N) is 1. The molecule has 0 amide bonds. The molecule has 0 aliphatic heterocycles. The van der Waals surface area contributed by atoms with Gasteiger partial charge in [0.2, 0.25) is 6.29 Å². The highest BCUT2D eigenvalue weighted by Crippen LogP contribution is 2.10. The lowest BCUT2D eigenvalue weighted by Gasteiger charge is -2.05. The molecule has 0 aliphatic rings. The van der Waals surface area contributed by atoms with Gasteiger partial charge in [0.15, 0.2) is 0 Å². The number of pyridine rings is 1. The van der Waals surface area contributed by atoms with Gasteiger partial charge in [0, 0.05) is 6.20 Å². The lowest BCUT2D eigenvalue weighted by molar-refractivity contribution is -0.0184. The Kier molecular flexibility index (Phi) is 3.30. The molecule has 0 bridgehead atoms. The molecule has 1 aromatic rings. The van der Waals surface area contributed by atoms with Crippen LogP contribution in [0, 0.1) is 0 Å². The Labute approximate surface area is 71.5 Å². The number of rotatable bonds is 3. The molecule has 0 aliphatic carbocycles. The van der Waals surface area contributed by atoms with Crippen LogP contribution in [0.4, 0.5) is 0 Å². The monoisotopic (exact) mass is 189 g/mol. The second-order valence-electron chi connectivity index (χ2n) is 1.92. The molecule has 0 saturated carbocycles. The zero-order valence-corrected chi connectivity index (χ0v) is 6.77. The molecule has 66 valence electrons. The van der Waals surface area contributed by atoms with Crippen molar-refractivity contribution in [1.29, 1.82) is 0 Å². The van der Waals surface area contributed by atoms with E-state index in [2.05, 4.69) is 9.17 Å². The maximum absolute atomic E-state index is 10.1. The van der Waals surface area contributed by atoms with Gasteiger partial charge in [-0.05, 0) is 12.1 Å². The first-order valence-electron chi connectivity index (χ1n) is 3.07. The van der Waals surface area contributed by atoms with Gasteiger partial charge in [0.1, 0.15) is 0 Å². The van der Waals surface area contributed by atoms with E-state index in [0.717, 1.165) is 0 Å². The minimum absolute atomic E-state index is 0.194. The molecule has 2 N–H and O–H groups in total. The van der Waals surface area contributed by atoms with E-state index >= 15 is 0 Å². The van der Waals surface area contributed by atoms with Gasteiger partial charge in [0.25, 0.3) is 0 Å². The topological polar surface area (TPSA) is 79.7 Å². The summed E-state index contributed by atoms with van der Waals surface area (Å²) < 4.78 is 22.5. The highest BCUT2D eigenvalue weighted by atomic mass is 32.2. The Hall–Kier alpha value is -0.820. The minimum atomic E-state index is -2.49. The number of hydrogen-bond acceptors (Lipinski definition) is 4. The minimum Gasteiger partial charge on any atom is -0.362 e. The van der Waals surface area contributed by atoms with Gasteiger partial charge in [0.05, 0.1) is 5.69 Å². The first-order valence-corrected chi connectivity index (χ1v) is 4.10. The van der Waals surface area contributed by atoms with Crippen molar-refractivity contribution in [1.82, 2.24) is 4.98 Å². The molecular formula is C6H7NO4S. The van der Waals surface area contributed by atoms with Crippen LogP contribution in [-0.4, -0.2) is 18.9 Å². The second kappa shape index (κ2) is 4.27. The van der Waals surface area contributed by atoms with E-state index in [1.807, 2.05) is 0 Å². The summed E-state index contributed by atoms with van der Waals surface area (Å²) in [5.41, 5.74) is 0.194. The van der Waals surface area contributed by atoms with Gasteiger partial charge >= 0.3 is 11.4 Å². The van der Waals surface area contributed by atoms with Crippen molar-refractivity contribution in [2.75, 3.05) is 0 Å². The molecule has 12 heavy (non-hydrogen) atoms. The summed E-state index contributed by atoms with van der Waals surface area (Å²) in [6.45, 7) is 0. The maximum Gasteiger partial charge on any atom is 0.304 e. The molecule has 1 unspecified atom stereocenters. The quantitative estimate of drug-likeness (QED) is 0.525. The molecule has 1 aromatic heterocycles. The van der Waals surface area contributed by atoms with E-state index in [9.17, 15) is 4.21 Å². The highest BCUT2D eigenvalue weighted by molar-refractivity contribution is 7.74. The lowest BCUT2D eigenvalue weighted by atomic mass is 10.3. The van der Waals surface area contributed by atoms with Crippen LogP contribution in [0.5, 0.6) is 0 Å². The Morgan fingerprint density at radius 1 is 1.58 bits per heavy atom. The van der Waals surface area contributed by atoms with Crippen LogP contribution in [-0.2, 0) is 15.5 Å². The summed E-state index contributed by atoms with van der Waals surface area (Å²) in [6, 6.07) is 4.78. The van der Waals surface area contributed by atoms with Crippen molar-refractivity contribution in [2.24, 2.45) is 0 Å². The van der Waals surface area contributed by atoms with Crippen LogP contribution in [0.3, 0.4) is 0 Å². The summed E-state index contributed by atoms with van der Waals surface area (Å²) in [5.74, 6) is 0. The molecule has 6 heteroatoms. The first kappa shape index (κ1) is 9.27. The standard InChI is InChI=1S/C6H7NO4S/c8-6(11-12(9)10)5-3-1-2-4-7-5/h1-4,6,8H,(H,9,10)/t6-/m1/s1. The first-order chi connectivity index (χ1) is 5.70. The fourth-order valence-electron chi connectivity index (χ4n) is 0.649. The van der Waals surface area contributed by atoms with Crippen LogP contribution >= 0.6 is 0 Å². The second-order valence-corrected chi connectivity index (χ2v) is 2.55. The smallest absolute Gasteiger partial charge is 0.304 e. The molecule has 0 aromatic carbocycles. The molecule has 0 spiro atoms. The van der Waals surface area contributed by atoms with E-state index in [0.29, 0.717) is 0 Å². The van der Waals surface area contributed by atoms with Crippen LogP contribution in [0.2, 0.25) is 0 Å². The van der Waals surface area contributed by atoms with Gasteiger partial charge in [-0.2, -0.15) is 4.21 Å². The van der Waals surface area contributed by atoms with Crippen molar-refractivity contribution in [2.45, 2.75) is 6.29 Å². The molecule has 1 rings (SSSR count). The van der Waals surface area contributed by atoms with Crippen LogP contribution in [0.25, 0.3) is 0 Å². The largest absolute Gasteiger partial charge is 0.362 e. The Morgan fingerprint density at radius 3 is 2.83 bits per heavy atom. The SMILES string of the molecule is O=S(O)O[C@@H](O)c1ccccn1. The molecule has 5 nitrogen and oxygen atoms in total. The van der Waals surface area contributed by atoms with E-state index < -0.39 is 17.7 Å². The van der Waals surface area contributed by atoms with Crippen molar-refractivity contribution in [3.63, 3.8) is 0 Å². The highest BCUT2D eigenvalue weighted by Gasteiger charge is 2.10. The van der Waals surface area contributed by atoms with Gasteiger partial charge in [-0.1, -0.05) is 6.07 Å². The van der Waals surface area contributed by atoms with E-state index in [1.165, 1.54) is 12.3 Å². The summed E-state index contributed by atoms with van der Waals surface area (Å²) in [4.78, 5) is 3.71. The summed E-state index contributed by atoms with van der Waals surface area (Å²) >= 11 is -2.49. The third-order valence-electron chi connectivity index (χ3n) is 1.11. The number of aliphatic hydroxyl groups is 1. The van der Waals surface area contributed by atoms with Crippen molar-refractivity contribution in [3.8, 4) is 0 Å². The summed E-state index contributed by atoms with van der Waals surface area (Å²) in [7, 11) is 0. The van der Waals surface area contributed by atoms with Crippen LogP contribution < -0.4 is 0 Å². The molecule has 0 fully saturated rings.